The summed E-state index contributed by atoms with van der Waals surface area (Å²) in [5.41, 5.74) is -0.770. The maximum Gasteiger partial charge on any atom is 0.344 e. The van der Waals surface area contributed by atoms with Gasteiger partial charge in [-0.15, -0.1) is 0 Å². The highest BCUT2D eigenvalue weighted by molar-refractivity contribution is 7.95. The largest absolute Gasteiger partial charge is 0.394 e. The lowest BCUT2D eigenvalue weighted by Crippen LogP contribution is -2.40. The summed E-state index contributed by atoms with van der Waals surface area (Å²) in [5, 5.41) is 24.0. The lowest BCUT2D eigenvalue weighted by Gasteiger charge is -2.16. The molecule has 8 nitrogen and oxygen atoms in total. The summed E-state index contributed by atoms with van der Waals surface area (Å²) in [7, 11) is 0. The molecule has 1 aromatic rings. The molecule has 3 atom stereocenters. The number of aromatic nitrogens is 2. The van der Waals surface area contributed by atoms with Crippen LogP contribution in [0.3, 0.4) is 0 Å². The number of nitrogens with zero attached hydrogens (tertiary/aromatic N) is 2. The second-order valence-corrected chi connectivity index (χ2v) is 4.90. The molecule has 4 N–H and O–H groups in total. The van der Waals surface area contributed by atoms with Crippen molar-refractivity contribution < 1.29 is 14.9 Å². The van der Waals surface area contributed by atoms with E-state index in [4.69, 9.17) is 15.0 Å². The molecule has 2 heterocycles. The third-order valence-electron chi connectivity index (χ3n) is 3.05. The van der Waals surface area contributed by atoms with Crippen LogP contribution in [0.4, 0.5) is 0 Å². The molecule has 0 radical (unpaired) electrons. The van der Waals surface area contributed by atoms with Gasteiger partial charge in [0, 0.05) is 30.3 Å². The summed E-state index contributed by atoms with van der Waals surface area (Å²) in [6, 6.07) is 0. The number of ether oxygens (including phenoxy) is 1. The summed E-state index contributed by atoms with van der Waals surface area (Å²) in [4.78, 5) is 23.8. The highest BCUT2D eigenvalue weighted by Crippen LogP contribution is 2.27. The Labute approximate surface area is 112 Å². The van der Waals surface area contributed by atoms with Crippen LogP contribution in [0.25, 0.3) is 0 Å². The van der Waals surface area contributed by atoms with Gasteiger partial charge in [-0.05, 0) is 6.92 Å². The predicted octanol–water partition coefficient (Wildman–Crippen LogP) is -1.67. The van der Waals surface area contributed by atoms with Crippen molar-refractivity contribution >= 4 is 12.1 Å². The van der Waals surface area contributed by atoms with Crippen molar-refractivity contribution in [1.82, 2.24) is 8.54 Å². The Kier molecular flexibility index (Phi) is 4.11. The van der Waals surface area contributed by atoms with Crippen LogP contribution < -0.4 is 16.4 Å². The fraction of sp³-hybridized carbons (Fsp3) is 0.600. The highest BCUT2D eigenvalue weighted by Gasteiger charge is 2.35. The van der Waals surface area contributed by atoms with Crippen LogP contribution in [0.1, 0.15) is 18.2 Å². The van der Waals surface area contributed by atoms with Crippen LogP contribution in [0.2, 0.25) is 0 Å². The van der Waals surface area contributed by atoms with Crippen molar-refractivity contribution in [3.05, 3.63) is 32.6 Å². The number of hydrogen-bond donors (Lipinski definition) is 3. The fourth-order valence-electron chi connectivity index (χ4n) is 2.02. The standard InChI is InChI=1S/C10H15N3O5S/c1-5-3-12(10(17)13(19-11)9(5)16)8-2-6(15)7(4-14)18-8/h3,6-8,14-15H,2,4,11H2,1H3. The Bertz CT molecular complexity index is 584. The Morgan fingerprint density at radius 3 is 2.79 bits per heavy atom. The van der Waals surface area contributed by atoms with E-state index in [1.54, 1.807) is 6.92 Å². The van der Waals surface area contributed by atoms with Crippen molar-refractivity contribution in [3.8, 4) is 0 Å². The third kappa shape index (κ3) is 2.47. The van der Waals surface area contributed by atoms with Gasteiger partial charge in [0.15, 0.2) is 0 Å². The van der Waals surface area contributed by atoms with Crippen LogP contribution >= 0.6 is 12.1 Å². The lowest BCUT2D eigenvalue weighted by atomic mass is 10.2. The molecular formula is C10H15N3O5S. The lowest BCUT2D eigenvalue weighted by molar-refractivity contribution is -0.0460. The molecule has 3 unspecified atom stereocenters. The molecule has 0 spiro atoms. The van der Waals surface area contributed by atoms with Crippen LogP contribution in [0, 0.1) is 6.92 Å². The Hall–Kier alpha value is -1.13. The van der Waals surface area contributed by atoms with E-state index < -0.39 is 29.7 Å². The van der Waals surface area contributed by atoms with Crippen molar-refractivity contribution in [3.63, 3.8) is 0 Å². The molecule has 0 amide bonds. The van der Waals surface area contributed by atoms with Crippen LogP contribution in [0.5, 0.6) is 0 Å². The van der Waals surface area contributed by atoms with Gasteiger partial charge in [-0.2, -0.15) is 3.97 Å². The third-order valence-corrected chi connectivity index (χ3v) is 3.58. The average molecular weight is 289 g/mol. The highest BCUT2D eigenvalue weighted by atomic mass is 32.2. The topological polar surface area (TPSA) is 120 Å². The molecule has 9 heteroatoms. The number of hydrogen-bond acceptors (Lipinski definition) is 7. The fourth-order valence-corrected chi connectivity index (χ4v) is 2.44. The van der Waals surface area contributed by atoms with Crippen molar-refractivity contribution in [2.45, 2.75) is 31.8 Å². The second-order valence-electron chi connectivity index (χ2n) is 4.32. The summed E-state index contributed by atoms with van der Waals surface area (Å²) in [6.45, 7) is 1.22. The summed E-state index contributed by atoms with van der Waals surface area (Å²) in [5.74, 6) is 0. The van der Waals surface area contributed by atoms with Gasteiger partial charge < -0.3 is 14.9 Å². The van der Waals surface area contributed by atoms with Crippen LogP contribution in [-0.4, -0.2) is 37.6 Å². The van der Waals surface area contributed by atoms with Crippen molar-refractivity contribution in [1.29, 1.82) is 0 Å². The minimum atomic E-state index is -0.854. The zero-order valence-electron chi connectivity index (χ0n) is 10.2. The van der Waals surface area contributed by atoms with Crippen LogP contribution in [-0.2, 0) is 4.74 Å². The molecule has 19 heavy (non-hydrogen) atoms. The van der Waals surface area contributed by atoms with Gasteiger partial charge in [0.1, 0.15) is 12.3 Å². The Balaban J connectivity index is 2.45. The molecule has 1 aliphatic heterocycles. The Morgan fingerprint density at radius 1 is 1.58 bits per heavy atom. The SMILES string of the molecule is Cc1cn(C2CC(O)C(CO)O2)c(=O)n(SN)c1=O. The smallest absolute Gasteiger partial charge is 0.344 e. The maximum absolute atomic E-state index is 12.1. The van der Waals surface area contributed by atoms with Gasteiger partial charge in [0.05, 0.1) is 12.7 Å². The first kappa shape index (κ1) is 14.3. The van der Waals surface area contributed by atoms with E-state index in [-0.39, 0.29) is 13.0 Å². The van der Waals surface area contributed by atoms with Crippen molar-refractivity contribution in [2.75, 3.05) is 6.61 Å². The zero-order valence-corrected chi connectivity index (χ0v) is 11.0. The molecule has 2 rings (SSSR count). The molecule has 1 aliphatic rings. The van der Waals surface area contributed by atoms with Gasteiger partial charge >= 0.3 is 5.69 Å². The van der Waals surface area contributed by atoms with Gasteiger partial charge in [-0.25, -0.2) is 4.79 Å². The minimum absolute atomic E-state index is 0.165. The minimum Gasteiger partial charge on any atom is -0.394 e. The summed E-state index contributed by atoms with van der Waals surface area (Å²) >= 11 is 0.520. The van der Waals surface area contributed by atoms with Gasteiger partial charge in [0.2, 0.25) is 0 Å². The zero-order chi connectivity index (χ0) is 14.2. The molecule has 1 aromatic heterocycles. The first-order valence-electron chi connectivity index (χ1n) is 5.66. The number of aliphatic hydroxyl groups excluding tert-OH is 2. The molecule has 1 saturated heterocycles. The average Bonchev–Trinajstić information content (AvgIpc) is 2.75. The van der Waals surface area contributed by atoms with Gasteiger partial charge in [-0.3, -0.25) is 14.5 Å². The number of rotatable bonds is 3. The molecule has 106 valence electrons. The van der Waals surface area contributed by atoms with E-state index in [2.05, 4.69) is 0 Å². The predicted molar refractivity (Wildman–Crippen MR) is 68.5 cm³/mol. The number of aliphatic hydroxyl groups is 2. The molecular weight excluding hydrogens is 274 g/mol. The molecule has 0 saturated carbocycles. The summed E-state index contributed by atoms with van der Waals surface area (Å²) < 4.78 is 7.40. The van der Waals surface area contributed by atoms with E-state index in [1.165, 1.54) is 10.8 Å². The molecule has 0 bridgehead atoms. The second kappa shape index (κ2) is 5.47. The molecule has 1 fully saturated rings. The van der Waals surface area contributed by atoms with Crippen LogP contribution in [0.15, 0.2) is 15.8 Å². The normalized spacial score (nSPS) is 26.8. The van der Waals surface area contributed by atoms with E-state index in [0.29, 0.717) is 17.7 Å². The molecule has 0 aliphatic carbocycles. The number of nitrogens with two attached hydrogens (primary N) is 1. The van der Waals surface area contributed by atoms with E-state index in [0.717, 1.165) is 3.97 Å². The first-order valence-corrected chi connectivity index (χ1v) is 6.49. The number of aryl methyl sites for hydroxylation is 1. The van der Waals surface area contributed by atoms with Gasteiger partial charge in [-0.1, -0.05) is 0 Å². The van der Waals surface area contributed by atoms with Gasteiger partial charge in [0.25, 0.3) is 5.56 Å². The first-order chi connectivity index (χ1) is 8.99. The van der Waals surface area contributed by atoms with E-state index >= 15 is 0 Å². The Morgan fingerprint density at radius 2 is 2.26 bits per heavy atom. The van der Waals surface area contributed by atoms with E-state index in [9.17, 15) is 14.7 Å². The monoisotopic (exact) mass is 289 g/mol. The molecule has 0 aromatic carbocycles. The quantitative estimate of drug-likeness (QED) is 0.569. The van der Waals surface area contributed by atoms with Crippen molar-refractivity contribution in [2.24, 2.45) is 5.14 Å². The van der Waals surface area contributed by atoms with E-state index in [1.807, 2.05) is 0 Å². The maximum atomic E-state index is 12.1. The summed E-state index contributed by atoms with van der Waals surface area (Å²) in [6.07, 6.45) is -0.777.